The van der Waals surface area contributed by atoms with E-state index >= 15 is 0 Å². The number of pyridine rings is 1. The molecule has 5 nitrogen and oxygen atoms in total. The lowest BCUT2D eigenvalue weighted by molar-refractivity contribution is 0.0739. The number of carbonyl (C=O) groups excluding carboxylic acids is 1. The molecule has 0 amide bonds. The molecule has 1 aliphatic heterocycles. The van der Waals surface area contributed by atoms with Gasteiger partial charge in [0.2, 0.25) is 0 Å². The summed E-state index contributed by atoms with van der Waals surface area (Å²) in [7, 11) is 2.10. The molecule has 2 aromatic heterocycles. The third-order valence-electron chi connectivity index (χ3n) is 5.84. The number of rotatable bonds is 3. The number of carbonyl (C=O) groups is 1. The van der Waals surface area contributed by atoms with E-state index in [2.05, 4.69) is 11.9 Å². The maximum absolute atomic E-state index is 13.1. The molecule has 0 radical (unpaired) electrons. The van der Waals surface area contributed by atoms with E-state index < -0.39 is 5.97 Å². The highest BCUT2D eigenvalue weighted by Gasteiger charge is 2.27. The number of nitrogen functional groups attached to an aromatic ring is 1. The third-order valence-corrected chi connectivity index (χ3v) is 7.17. The summed E-state index contributed by atoms with van der Waals surface area (Å²) in [4.78, 5) is 21.4. The van der Waals surface area contributed by atoms with E-state index in [1.54, 1.807) is 6.07 Å². The summed E-state index contributed by atoms with van der Waals surface area (Å²) < 4.78 is 5.68. The molecule has 0 aliphatic carbocycles. The Morgan fingerprint density at radius 2 is 1.94 bits per heavy atom. The summed E-state index contributed by atoms with van der Waals surface area (Å²) in [6.07, 6.45) is 0.850. The second-order valence-corrected chi connectivity index (χ2v) is 9.52. The van der Waals surface area contributed by atoms with Crippen molar-refractivity contribution in [3.8, 4) is 16.9 Å². The third kappa shape index (κ3) is 3.64. The summed E-state index contributed by atoms with van der Waals surface area (Å²) in [6.45, 7) is 3.62. The summed E-state index contributed by atoms with van der Waals surface area (Å²) in [5.41, 5.74) is 12.1. The van der Waals surface area contributed by atoms with Crippen LogP contribution < -0.4 is 10.5 Å². The van der Waals surface area contributed by atoms with Gasteiger partial charge in [0, 0.05) is 41.2 Å². The SMILES string of the molecule is Cc1ccccc1OC(=O)c1sc2nc3c(c(-c4ccc(Cl)cc4)c2c1N)CN(C)CC3. The molecule has 7 heteroatoms. The van der Waals surface area contributed by atoms with Crippen LogP contribution in [0.5, 0.6) is 5.75 Å². The van der Waals surface area contributed by atoms with Gasteiger partial charge in [-0.25, -0.2) is 9.78 Å². The number of hydrogen-bond donors (Lipinski definition) is 1. The number of anilines is 1. The molecule has 0 saturated carbocycles. The van der Waals surface area contributed by atoms with Crippen LogP contribution in [0.3, 0.4) is 0 Å². The van der Waals surface area contributed by atoms with Crippen LogP contribution in [0.25, 0.3) is 21.3 Å². The molecular weight excluding hydrogens is 442 g/mol. The molecule has 5 rings (SSSR count). The summed E-state index contributed by atoms with van der Waals surface area (Å²) in [5, 5.41) is 1.48. The Bertz CT molecular complexity index is 1350. The molecule has 0 spiro atoms. The maximum Gasteiger partial charge on any atom is 0.355 e. The number of nitrogens with two attached hydrogens (primary N) is 1. The monoisotopic (exact) mass is 463 g/mol. The second kappa shape index (κ2) is 8.20. The summed E-state index contributed by atoms with van der Waals surface area (Å²) in [5.74, 6) is 0.0677. The van der Waals surface area contributed by atoms with Crippen molar-refractivity contribution in [3.63, 3.8) is 0 Å². The van der Waals surface area contributed by atoms with E-state index in [-0.39, 0.29) is 0 Å². The second-order valence-electron chi connectivity index (χ2n) is 8.09. The molecule has 0 saturated heterocycles. The molecule has 0 fully saturated rings. The number of thiophene rings is 1. The minimum absolute atomic E-state index is 0.377. The maximum atomic E-state index is 13.1. The van der Waals surface area contributed by atoms with Crippen LogP contribution in [0, 0.1) is 6.92 Å². The number of aromatic nitrogens is 1. The van der Waals surface area contributed by atoms with Crippen LogP contribution in [0.15, 0.2) is 48.5 Å². The minimum atomic E-state index is -0.461. The Morgan fingerprint density at radius 3 is 2.69 bits per heavy atom. The zero-order valence-electron chi connectivity index (χ0n) is 17.8. The average molecular weight is 464 g/mol. The van der Waals surface area contributed by atoms with Gasteiger partial charge in [-0.2, -0.15) is 0 Å². The molecule has 162 valence electrons. The minimum Gasteiger partial charge on any atom is -0.422 e. The highest BCUT2D eigenvalue weighted by Crippen LogP contribution is 2.43. The predicted molar refractivity (Wildman–Crippen MR) is 131 cm³/mol. The molecular formula is C25H22ClN3O2S. The van der Waals surface area contributed by atoms with Gasteiger partial charge in [0.1, 0.15) is 15.5 Å². The van der Waals surface area contributed by atoms with Crippen LogP contribution in [0.4, 0.5) is 5.69 Å². The fourth-order valence-corrected chi connectivity index (χ4v) is 5.29. The fourth-order valence-electron chi connectivity index (χ4n) is 4.16. The zero-order valence-corrected chi connectivity index (χ0v) is 19.4. The topological polar surface area (TPSA) is 68.4 Å². The van der Waals surface area contributed by atoms with E-state index in [1.165, 1.54) is 11.3 Å². The van der Waals surface area contributed by atoms with Crippen molar-refractivity contribution in [1.82, 2.24) is 9.88 Å². The lowest BCUT2D eigenvalue weighted by atomic mass is 9.92. The predicted octanol–water partition coefficient (Wildman–Crippen LogP) is 5.71. The van der Waals surface area contributed by atoms with Crippen LogP contribution in [-0.4, -0.2) is 29.4 Å². The van der Waals surface area contributed by atoms with Crippen LogP contribution in [0.2, 0.25) is 5.02 Å². The number of fused-ring (bicyclic) bond motifs is 2. The van der Waals surface area contributed by atoms with Gasteiger partial charge >= 0.3 is 5.97 Å². The number of halogens is 1. The van der Waals surface area contributed by atoms with Gasteiger partial charge in [0.15, 0.2) is 0 Å². The summed E-state index contributed by atoms with van der Waals surface area (Å²) in [6, 6.07) is 15.2. The molecule has 0 bridgehead atoms. The first-order valence-electron chi connectivity index (χ1n) is 10.4. The van der Waals surface area contributed by atoms with Crippen molar-refractivity contribution in [1.29, 1.82) is 0 Å². The van der Waals surface area contributed by atoms with Gasteiger partial charge in [-0.15, -0.1) is 11.3 Å². The smallest absolute Gasteiger partial charge is 0.355 e. The number of aryl methyl sites for hydroxylation is 1. The zero-order chi connectivity index (χ0) is 22.4. The molecule has 2 N–H and O–H groups in total. The van der Waals surface area contributed by atoms with E-state index in [9.17, 15) is 4.79 Å². The van der Waals surface area contributed by atoms with E-state index in [4.69, 9.17) is 27.1 Å². The Labute approximate surface area is 195 Å². The lowest BCUT2D eigenvalue weighted by Crippen LogP contribution is -2.27. The van der Waals surface area contributed by atoms with Crippen molar-refractivity contribution < 1.29 is 9.53 Å². The number of ether oxygens (including phenoxy) is 1. The first-order valence-corrected chi connectivity index (χ1v) is 11.6. The number of esters is 1. The van der Waals surface area contributed by atoms with Crippen molar-refractivity contribution >= 4 is 44.8 Å². The Balaban J connectivity index is 1.69. The highest BCUT2D eigenvalue weighted by molar-refractivity contribution is 7.21. The summed E-state index contributed by atoms with van der Waals surface area (Å²) >= 11 is 7.44. The van der Waals surface area contributed by atoms with Crippen molar-refractivity contribution in [2.75, 3.05) is 19.3 Å². The van der Waals surface area contributed by atoms with Gasteiger partial charge in [-0.05, 0) is 48.9 Å². The number of hydrogen-bond acceptors (Lipinski definition) is 6. The standard InChI is InChI=1S/C25H22ClN3O2S/c1-14-5-3-4-6-19(14)31-25(30)23-22(27)21-20(15-7-9-16(26)10-8-15)17-13-29(2)12-11-18(17)28-24(21)32-23/h3-10H,11-13,27H2,1-2H3. The first kappa shape index (κ1) is 20.9. The average Bonchev–Trinajstić information content (AvgIpc) is 3.11. The van der Waals surface area contributed by atoms with Crippen LogP contribution in [0.1, 0.15) is 26.5 Å². The number of nitrogens with zero attached hydrogens (tertiary/aromatic N) is 2. The number of likely N-dealkylation sites (N-methyl/N-ethyl adjacent to an activating group) is 1. The Hall–Kier alpha value is -2.93. The largest absolute Gasteiger partial charge is 0.422 e. The molecule has 0 atom stereocenters. The molecule has 3 heterocycles. The molecule has 2 aromatic carbocycles. The van der Waals surface area contributed by atoms with Crippen molar-refractivity contribution in [2.45, 2.75) is 19.9 Å². The van der Waals surface area contributed by atoms with E-state index in [1.807, 2.05) is 49.4 Å². The van der Waals surface area contributed by atoms with Crippen LogP contribution in [-0.2, 0) is 13.0 Å². The normalized spacial score (nSPS) is 13.8. The molecule has 1 aliphatic rings. The van der Waals surface area contributed by atoms with Crippen LogP contribution >= 0.6 is 22.9 Å². The number of benzene rings is 2. The Morgan fingerprint density at radius 1 is 1.19 bits per heavy atom. The van der Waals surface area contributed by atoms with E-state index in [0.717, 1.165) is 57.7 Å². The number of para-hydroxylation sites is 1. The highest BCUT2D eigenvalue weighted by atomic mass is 35.5. The van der Waals surface area contributed by atoms with E-state index in [0.29, 0.717) is 21.3 Å². The van der Waals surface area contributed by atoms with Gasteiger partial charge in [0.05, 0.1) is 5.69 Å². The van der Waals surface area contributed by atoms with Gasteiger partial charge in [-0.1, -0.05) is 41.9 Å². The molecule has 0 unspecified atom stereocenters. The van der Waals surface area contributed by atoms with Gasteiger partial charge in [-0.3, -0.25) is 0 Å². The lowest BCUT2D eigenvalue weighted by Gasteiger charge is -2.27. The molecule has 32 heavy (non-hydrogen) atoms. The van der Waals surface area contributed by atoms with Crippen molar-refractivity contribution in [2.24, 2.45) is 0 Å². The first-order chi connectivity index (χ1) is 15.4. The quantitative estimate of drug-likeness (QED) is 0.311. The molecule has 4 aromatic rings. The van der Waals surface area contributed by atoms with Gasteiger partial charge in [0.25, 0.3) is 0 Å². The Kier molecular flexibility index (Phi) is 5.37. The van der Waals surface area contributed by atoms with Gasteiger partial charge < -0.3 is 15.4 Å². The van der Waals surface area contributed by atoms with Crippen molar-refractivity contribution in [3.05, 3.63) is 75.3 Å². The fraction of sp³-hybridized carbons (Fsp3) is 0.200.